The molecule has 4 aromatic rings. The zero-order valence-electron chi connectivity index (χ0n) is 21.2. The zero-order chi connectivity index (χ0) is 26.8. The van der Waals surface area contributed by atoms with Crippen molar-refractivity contribution in [2.45, 2.75) is 58.5 Å². The molecule has 0 bridgehead atoms. The zero-order valence-corrected chi connectivity index (χ0v) is 21.2. The van der Waals surface area contributed by atoms with Gasteiger partial charge in [0, 0.05) is 11.8 Å². The predicted octanol–water partition coefficient (Wildman–Crippen LogP) is 5.67. The molecule has 38 heavy (non-hydrogen) atoms. The van der Waals surface area contributed by atoms with Gasteiger partial charge in [0.1, 0.15) is 23.9 Å². The summed E-state index contributed by atoms with van der Waals surface area (Å²) in [6.45, 7) is 5.05. The molecule has 0 spiro atoms. The van der Waals surface area contributed by atoms with Crippen LogP contribution in [-0.2, 0) is 23.2 Å². The molecule has 196 valence electrons. The molecule has 6 rings (SSSR count). The number of fused-ring (bicyclic) bond motifs is 2. The molecule has 2 aliphatic rings. The normalized spacial score (nSPS) is 16.1. The molecular weight excluding hydrogens is 495 g/mol. The number of aromatic nitrogens is 4. The topological polar surface area (TPSA) is 81.4 Å². The van der Waals surface area contributed by atoms with Gasteiger partial charge in [-0.3, -0.25) is 9.20 Å². The maximum Gasteiger partial charge on any atom is 0.235 e. The largest absolute Gasteiger partial charge is 0.485 e. The fourth-order valence-electron chi connectivity index (χ4n) is 5.06. The third kappa shape index (κ3) is 3.99. The molecule has 1 aliphatic heterocycles. The van der Waals surface area contributed by atoms with Crippen LogP contribution >= 0.6 is 0 Å². The van der Waals surface area contributed by atoms with Crippen LogP contribution in [-0.4, -0.2) is 25.3 Å². The van der Waals surface area contributed by atoms with Crippen LogP contribution in [0.3, 0.4) is 0 Å². The maximum absolute atomic E-state index is 14.2. The first kappa shape index (κ1) is 24.4. The van der Waals surface area contributed by atoms with Crippen LogP contribution in [0.15, 0.2) is 30.5 Å². The van der Waals surface area contributed by atoms with Crippen molar-refractivity contribution in [1.29, 1.82) is 0 Å². The molecule has 4 heterocycles. The lowest BCUT2D eigenvalue weighted by molar-refractivity contribution is -0.119. The van der Waals surface area contributed by atoms with Crippen LogP contribution in [0.4, 0.5) is 19.0 Å². The molecule has 1 aromatic carbocycles. The molecule has 10 heteroatoms. The van der Waals surface area contributed by atoms with Crippen LogP contribution in [0.1, 0.15) is 55.6 Å². The predicted molar refractivity (Wildman–Crippen MR) is 134 cm³/mol. The Balaban J connectivity index is 1.41. The number of pyridine rings is 1. The second-order valence-corrected chi connectivity index (χ2v) is 10.5. The Bertz CT molecular complexity index is 1610. The van der Waals surface area contributed by atoms with Gasteiger partial charge in [-0.1, -0.05) is 12.8 Å². The Morgan fingerprint density at radius 3 is 2.63 bits per heavy atom. The molecule has 1 N–H and O–H groups in total. The molecule has 1 aliphatic carbocycles. The molecule has 1 fully saturated rings. The minimum Gasteiger partial charge on any atom is -0.485 e. The Labute approximate surface area is 217 Å². The summed E-state index contributed by atoms with van der Waals surface area (Å²) in [5, 5.41) is 2.92. The summed E-state index contributed by atoms with van der Waals surface area (Å²) in [6.07, 6.45) is 5.96. The van der Waals surface area contributed by atoms with E-state index >= 15 is 0 Å². The average molecular weight is 522 g/mol. The van der Waals surface area contributed by atoms with E-state index in [4.69, 9.17) is 14.7 Å². The van der Waals surface area contributed by atoms with E-state index in [1.165, 1.54) is 12.8 Å². The highest BCUT2D eigenvalue weighted by Crippen LogP contribution is 2.41. The summed E-state index contributed by atoms with van der Waals surface area (Å²) >= 11 is 0. The lowest BCUT2D eigenvalue weighted by Crippen LogP contribution is -2.28. The second-order valence-electron chi connectivity index (χ2n) is 10.5. The number of aryl methyl sites for hydroxylation is 2. The van der Waals surface area contributed by atoms with E-state index in [1.807, 2.05) is 13.8 Å². The SMILES string of the molecule is Cc1nc2c(OCc3c(F)ccc(F)c3F)cccn2c1-c1nc(CCC2CC2)c2c(n1)NC(=O)C2(C)C. The summed E-state index contributed by atoms with van der Waals surface area (Å²) in [5.74, 6) is -1.57. The molecule has 7 nitrogen and oxygen atoms in total. The highest BCUT2D eigenvalue weighted by Gasteiger charge is 2.42. The standard InChI is InChI=1S/C28H26F3N5O2/c1-14-23(25-33-19(11-8-15-6-7-15)21-24(34-25)35-27(37)28(21,2)3)36-12-4-5-20(26(36)32-14)38-13-16-17(29)9-10-18(30)22(16)31/h4-5,9-10,12,15H,6-8,11,13H2,1-3H3,(H,33,34,35,37). The number of hydrogen-bond acceptors (Lipinski definition) is 5. The van der Waals surface area contributed by atoms with E-state index in [2.05, 4.69) is 10.3 Å². The third-order valence-corrected chi connectivity index (χ3v) is 7.41. The summed E-state index contributed by atoms with van der Waals surface area (Å²) in [6, 6.07) is 4.92. The lowest BCUT2D eigenvalue weighted by atomic mass is 9.84. The molecule has 3 aromatic heterocycles. The number of nitrogens with zero attached hydrogens (tertiary/aromatic N) is 4. The number of nitrogens with one attached hydrogen (secondary N) is 1. The lowest BCUT2D eigenvalue weighted by Gasteiger charge is -2.18. The first-order valence-electron chi connectivity index (χ1n) is 12.6. The first-order chi connectivity index (χ1) is 18.1. The van der Waals surface area contributed by atoms with E-state index in [9.17, 15) is 18.0 Å². The Kier molecular flexibility index (Phi) is 5.66. The summed E-state index contributed by atoms with van der Waals surface area (Å²) in [4.78, 5) is 27.0. The molecule has 0 radical (unpaired) electrons. The number of rotatable bonds is 7. The number of anilines is 1. The van der Waals surface area contributed by atoms with Crippen molar-refractivity contribution in [3.8, 4) is 17.3 Å². The number of carbonyl (C=O) groups excluding carboxylic acids is 1. The van der Waals surface area contributed by atoms with Crippen molar-refractivity contribution in [3.63, 3.8) is 0 Å². The number of ether oxygens (including phenoxy) is 1. The van der Waals surface area contributed by atoms with Gasteiger partial charge < -0.3 is 10.1 Å². The van der Waals surface area contributed by atoms with E-state index in [0.717, 1.165) is 36.2 Å². The Hall–Kier alpha value is -3.95. The smallest absolute Gasteiger partial charge is 0.235 e. The fraction of sp³-hybridized carbons (Fsp3) is 0.357. The van der Waals surface area contributed by atoms with Gasteiger partial charge in [0.2, 0.25) is 5.91 Å². The van der Waals surface area contributed by atoms with Gasteiger partial charge >= 0.3 is 0 Å². The maximum atomic E-state index is 14.2. The third-order valence-electron chi connectivity index (χ3n) is 7.41. The molecule has 0 unspecified atom stereocenters. The number of hydrogen-bond donors (Lipinski definition) is 1. The Morgan fingerprint density at radius 2 is 1.87 bits per heavy atom. The molecular formula is C28H26F3N5O2. The number of amides is 1. The Morgan fingerprint density at radius 1 is 1.11 bits per heavy atom. The van der Waals surface area contributed by atoms with Crippen molar-refractivity contribution in [1.82, 2.24) is 19.4 Å². The quantitative estimate of drug-likeness (QED) is 0.317. The molecule has 1 amide bonds. The van der Waals surface area contributed by atoms with Crippen molar-refractivity contribution in [3.05, 3.63) is 70.4 Å². The van der Waals surface area contributed by atoms with Gasteiger partial charge in [0.25, 0.3) is 0 Å². The fourth-order valence-corrected chi connectivity index (χ4v) is 5.06. The number of halogens is 3. The van der Waals surface area contributed by atoms with Crippen molar-refractivity contribution >= 4 is 17.4 Å². The van der Waals surface area contributed by atoms with Crippen molar-refractivity contribution < 1.29 is 22.7 Å². The minimum atomic E-state index is -1.28. The molecule has 0 saturated heterocycles. The van der Waals surface area contributed by atoms with E-state index in [0.29, 0.717) is 34.6 Å². The highest BCUT2D eigenvalue weighted by molar-refractivity contribution is 6.05. The van der Waals surface area contributed by atoms with Crippen LogP contribution in [0, 0.1) is 30.3 Å². The molecule has 1 saturated carbocycles. The average Bonchev–Trinajstić information content (AvgIpc) is 3.59. The van der Waals surface area contributed by atoms with E-state index in [-0.39, 0.29) is 11.7 Å². The van der Waals surface area contributed by atoms with Crippen LogP contribution in [0.5, 0.6) is 5.75 Å². The number of benzene rings is 1. The molecule has 0 atom stereocenters. The number of carbonyl (C=O) groups is 1. The van der Waals surface area contributed by atoms with Gasteiger partial charge in [-0.15, -0.1) is 0 Å². The van der Waals surface area contributed by atoms with Gasteiger partial charge in [-0.05, 0) is 63.8 Å². The van der Waals surface area contributed by atoms with Crippen LogP contribution in [0.25, 0.3) is 17.2 Å². The number of imidazole rings is 1. The summed E-state index contributed by atoms with van der Waals surface area (Å²) in [7, 11) is 0. The summed E-state index contributed by atoms with van der Waals surface area (Å²) < 4.78 is 49.4. The van der Waals surface area contributed by atoms with Gasteiger partial charge in [-0.25, -0.2) is 28.1 Å². The highest BCUT2D eigenvalue weighted by atomic mass is 19.2. The van der Waals surface area contributed by atoms with Gasteiger partial charge in [0.05, 0.1) is 22.4 Å². The van der Waals surface area contributed by atoms with E-state index in [1.54, 1.807) is 29.7 Å². The minimum absolute atomic E-state index is 0.117. The van der Waals surface area contributed by atoms with Gasteiger partial charge in [-0.2, -0.15) is 0 Å². The van der Waals surface area contributed by atoms with Gasteiger partial charge in [0.15, 0.2) is 28.9 Å². The first-order valence-corrected chi connectivity index (χ1v) is 12.6. The second kappa shape index (κ2) is 8.82. The van der Waals surface area contributed by atoms with Crippen molar-refractivity contribution in [2.75, 3.05) is 5.32 Å². The van der Waals surface area contributed by atoms with Crippen molar-refractivity contribution in [2.24, 2.45) is 5.92 Å². The van der Waals surface area contributed by atoms with Crippen LogP contribution in [0.2, 0.25) is 0 Å². The van der Waals surface area contributed by atoms with E-state index < -0.39 is 35.0 Å². The monoisotopic (exact) mass is 521 g/mol. The van der Waals surface area contributed by atoms with Crippen LogP contribution < -0.4 is 10.1 Å². The summed E-state index contributed by atoms with van der Waals surface area (Å²) in [5.41, 5.74) is 2.06.